The minimum absolute atomic E-state index is 0.0333. The number of aryl methyl sites for hydroxylation is 1. The summed E-state index contributed by atoms with van der Waals surface area (Å²) in [6, 6.07) is 0. The molecule has 0 spiro atoms. The lowest BCUT2D eigenvalue weighted by Crippen LogP contribution is -2.50. The molecule has 0 fully saturated rings. The maximum Gasteiger partial charge on any atom is 0.460 e. The van der Waals surface area contributed by atoms with Crippen LogP contribution in [-0.4, -0.2) is 47.6 Å². The zero-order chi connectivity index (χ0) is 18.6. The van der Waals surface area contributed by atoms with Crippen molar-refractivity contribution in [1.29, 1.82) is 0 Å². The highest BCUT2D eigenvalue weighted by Gasteiger charge is 2.75. The first kappa shape index (κ1) is 19.2. The lowest BCUT2D eigenvalue weighted by atomic mass is 10.1. The lowest BCUT2D eigenvalue weighted by Gasteiger charge is -2.27. The number of halogens is 7. The summed E-state index contributed by atoms with van der Waals surface area (Å²) in [6.45, 7) is 0. The number of aromatic nitrogens is 2. The van der Waals surface area contributed by atoms with Gasteiger partial charge in [0.2, 0.25) is 0 Å². The molecule has 0 atom stereocenters. The van der Waals surface area contributed by atoms with Gasteiger partial charge in [-0.25, -0.2) is 13.2 Å². The van der Waals surface area contributed by atoms with Crippen molar-refractivity contribution in [3.8, 4) is 0 Å². The van der Waals surface area contributed by atoms with Crippen LogP contribution in [0.1, 0.15) is 16.2 Å². The van der Waals surface area contributed by atoms with E-state index in [4.69, 9.17) is 5.11 Å². The van der Waals surface area contributed by atoms with E-state index in [1.165, 1.54) is 0 Å². The first-order valence-electron chi connectivity index (χ1n) is 5.29. The molecule has 0 aromatic carbocycles. The van der Waals surface area contributed by atoms with Crippen molar-refractivity contribution >= 4 is 15.8 Å². The van der Waals surface area contributed by atoms with Crippen molar-refractivity contribution in [2.75, 3.05) is 6.26 Å². The Bertz CT molecular complexity index is 751. The summed E-state index contributed by atoms with van der Waals surface area (Å²) in [7, 11) is -4.32. The maximum atomic E-state index is 13.7. The summed E-state index contributed by atoms with van der Waals surface area (Å²) < 4.78 is 113. The fourth-order valence-corrected chi connectivity index (χ4v) is 2.71. The highest BCUT2D eigenvalue weighted by atomic mass is 32.2. The molecule has 1 heterocycles. The third-order valence-electron chi connectivity index (χ3n) is 2.62. The number of nitrogens with zero attached hydrogens (tertiary/aromatic N) is 2. The summed E-state index contributed by atoms with van der Waals surface area (Å²) in [5, 5.41) is 11.3. The molecule has 0 saturated heterocycles. The molecule has 1 aromatic rings. The van der Waals surface area contributed by atoms with Crippen molar-refractivity contribution in [1.82, 2.24) is 9.78 Å². The van der Waals surface area contributed by atoms with E-state index in [9.17, 15) is 43.9 Å². The fraction of sp³-hybridized carbons (Fsp3) is 0.556. The molecule has 23 heavy (non-hydrogen) atoms. The van der Waals surface area contributed by atoms with Gasteiger partial charge in [-0.1, -0.05) is 0 Å². The van der Waals surface area contributed by atoms with Crippen molar-refractivity contribution in [3.63, 3.8) is 0 Å². The number of rotatable bonds is 4. The predicted octanol–water partition coefficient (Wildman–Crippen LogP) is 1.81. The van der Waals surface area contributed by atoms with E-state index in [-0.39, 0.29) is 10.9 Å². The average molecular weight is 372 g/mol. The van der Waals surface area contributed by atoms with Crippen LogP contribution in [0, 0.1) is 0 Å². The Kier molecular flexibility index (Phi) is 4.23. The van der Waals surface area contributed by atoms with Gasteiger partial charge in [0.15, 0.2) is 21.2 Å². The van der Waals surface area contributed by atoms with E-state index in [0.717, 1.165) is 0 Å². The zero-order valence-corrected chi connectivity index (χ0v) is 11.9. The third-order valence-corrected chi connectivity index (χ3v) is 3.75. The van der Waals surface area contributed by atoms with E-state index in [1.54, 1.807) is 0 Å². The number of hydrogen-bond acceptors (Lipinski definition) is 4. The topological polar surface area (TPSA) is 89.3 Å². The predicted molar refractivity (Wildman–Crippen MR) is 58.2 cm³/mol. The van der Waals surface area contributed by atoms with Crippen molar-refractivity contribution < 1.29 is 49.1 Å². The van der Waals surface area contributed by atoms with Crippen LogP contribution in [0.5, 0.6) is 0 Å². The second-order valence-electron chi connectivity index (χ2n) is 4.37. The number of carbonyl (C=O) groups is 1. The minimum atomic E-state index is -6.73. The van der Waals surface area contributed by atoms with Crippen LogP contribution in [-0.2, 0) is 22.8 Å². The van der Waals surface area contributed by atoms with Gasteiger partial charge in [0.1, 0.15) is 4.90 Å². The molecule has 0 aliphatic rings. The Labute approximate surface area is 123 Å². The van der Waals surface area contributed by atoms with E-state index >= 15 is 0 Å². The van der Waals surface area contributed by atoms with Crippen LogP contribution in [0.2, 0.25) is 0 Å². The van der Waals surface area contributed by atoms with E-state index in [1.807, 2.05) is 0 Å². The Balaban J connectivity index is 3.88. The second-order valence-corrected chi connectivity index (χ2v) is 6.33. The van der Waals surface area contributed by atoms with Gasteiger partial charge in [-0.05, 0) is 0 Å². The van der Waals surface area contributed by atoms with Crippen LogP contribution in [0.15, 0.2) is 4.90 Å². The van der Waals surface area contributed by atoms with Gasteiger partial charge in [0, 0.05) is 13.3 Å². The lowest BCUT2D eigenvalue weighted by molar-refractivity contribution is -0.361. The molecule has 1 N–H and O–H groups in total. The molecule has 0 amide bonds. The van der Waals surface area contributed by atoms with Gasteiger partial charge in [-0.15, -0.1) is 0 Å². The summed E-state index contributed by atoms with van der Waals surface area (Å²) in [5.74, 6) is -14.9. The van der Waals surface area contributed by atoms with Crippen LogP contribution < -0.4 is 0 Å². The molecule has 1 rings (SSSR count). The highest BCUT2D eigenvalue weighted by Crippen LogP contribution is 2.52. The molecular weight excluding hydrogens is 365 g/mol. The SMILES string of the molecule is Cn1nc(C(F)(F)C(F)(F)C(F)(F)F)c(S(C)(=O)=O)c1C(=O)O. The van der Waals surface area contributed by atoms with Crippen molar-refractivity contribution in [3.05, 3.63) is 11.4 Å². The fourth-order valence-electron chi connectivity index (χ4n) is 1.62. The molecule has 132 valence electrons. The second kappa shape index (κ2) is 5.07. The van der Waals surface area contributed by atoms with Crippen LogP contribution in [0.3, 0.4) is 0 Å². The van der Waals surface area contributed by atoms with Gasteiger partial charge in [0.05, 0.1) is 0 Å². The standard InChI is InChI=1S/C9H7F7N2O4S/c1-18-3(6(19)20)4(23(2,21)22)5(17-18)7(10,11)8(12,13)9(14,15)16/h1-2H3,(H,19,20). The molecule has 0 saturated carbocycles. The van der Waals surface area contributed by atoms with E-state index in [2.05, 4.69) is 5.10 Å². The summed E-state index contributed by atoms with van der Waals surface area (Å²) in [6.07, 6.45) is -6.56. The monoisotopic (exact) mass is 372 g/mol. The van der Waals surface area contributed by atoms with Gasteiger partial charge in [0.25, 0.3) is 0 Å². The molecular formula is C9H7F7N2O4S. The van der Waals surface area contributed by atoms with E-state index in [0.29, 0.717) is 7.05 Å². The number of alkyl halides is 7. The average Bonchev–Trinajstić information content (AvgIpc) is 2.65. The van der Waals surface area contributed by atoms with Crippen LogP contribution >= 0.6 is 0 Å². The molecule has 0 unspecified atom stereocenters. The first-order chi connectivity index (χ1) is 9.96. The normalized spacial score (nSPS) is 14.1. The Morgan fingerprint density at radius 3 is 1.87 bits per heavy atom. The number of carboxylic acid groups (broad SMARTS) is 1. The number of carboxylic acids is 1. The zero-order valence-electron chi connectivity index (χ0n) is 11.1. The smallest absolute Gasteiger partial charge is 0.460 e. The van der Waals surface area contributed by atoms with Crippen LogP contribution in [0.25, 0.3) is 0 Å². The number of sulfone groups is 1. The Morgan fingerprint density at radius 1 is 1.13 bits per heavy atom. The quantitative estimate of drug-likeness (QED) is 0.815. The van der Waals surface area contributed by atoms with Crippen molar-refractivity contribution in [2.24, 2.45) is 7.05 Å². The van der Waals surface area contributed by atoms with Crippen LogP contribution in [0.4, 0.5) is 30.7 Å². The number of hydrogen-bond donors (Lipinski definition) is 1. The molecule has 0 bridgehead atoms. The molecule has 14 heteroatoms. The summed E-state index contributed by atoms with van der Waals surface area (Å²) >= 11 is 0. The van der Waals surface area contributed by atoms with Gasteiger partial charge < -0.3 is 5.11 Å². The largest absolute Gasteiger partial charge is 0.476 e. The third kappa shape index (κ3) is 2.86. The molecule has 1 aromatic heterocycles. The van der Waals surface area contributed by atoms with Crippen molar-refractivity contribution in [2.45, 2.75) is 22.9 Å². The molecule has 0 radical (unpaired) electrons. The molecule has 0 aliphatic carbocycles. The minimum Gasteiger partial charge on any atom is -0.476 e. The summed E-state index contributed by atoms with van der Waals surface area (Å²) in [5.41, 5.74) is -3.97. The highest BCUT2D eigenvalue weighted by molar-refractivity contribution is 7.90. The van der Waals surface area contributed by atoms with Gasteiger partial charge in [-0.3, -0.25) is 4.68 Å². The van der Waals surface area contributed by atoms with Gasteiger partial charge >= 0.3 is 24.0 Å². The maximum absolute atomic E-state index is 13.7. The van der Waals surface area contributed by atoms with E-state index < -0.39 is 50.1 Å². The Hall–Kier alpha value is -1.86. The first-order valence-corrected chi connectivity index (χ1v) is 7.18. The van der Waals surface area contributed by atoms with Gasteiger partial charge in [-0.2, -0.15) is 35.8 Å². The molecule has 0 aliphatic heterocycles. The summed E-state index contributed by atoms with van der Waals surface area (Å²) in [4.78, 5) is 8.98. The molecule has 6 nitrogen and oxygen atoms in total. The number of aromatic carboxylic acids is 1. The Morgan fingerprint density at radius 2 is 1.57 bits per heavy atom.